The van der Waals surface area contributed by atoms with Gasteiger partial charge in [0, 0.05) is 16.7 Å². The van der Waals surface area contributed by atoms with E-state index in [0.717, 1.165) is 56.8 Å². The number of furan rings is 1. The van der Waals surface area contributed by atoms with E-state index in [4.69, 9.17) is 23.0 Å². The van der Waals surface area contributed by atoms with E-state index >= 15 is 0 Å². The van der Waals surface area contributed by atoms with Gasteiger partial charge in [-0.25, -0.2) is 0 Å². The molecule has 0 spiro atoms. The van der Waals surface area contributed by atoms with Crippen LogP contribution in [0.3, 0.4) is 0 Å². The number of benzene rings is 8. The van der Waals surface area contributed by atoms with E-state index in [1.807, 2.05) is 0 Å². The zero-order chi connectivity index (χ0) is 49.8. The summed E-state index contributed by atoms with van der Waals surface area (Å²) in [6, 6.07) is 70.0. The van der Waals surface area contributed by atoms with Gasteiger partial charge in [0.2, 0.25) is 0 Å². The summed E-state index contributed by atoms with van der Waals surface area (Å²) < 4.78 is 32.4. The third-order valence-electron chi connectivity index (χ3n) is 15.9. The molecule has 11 rings (SSSR count). The molecule has 0 saturated carbocycles. The number of hydrogen-bond acceptors (Lipinski definition) is 5. The maximum absolute atomic E-state index is 6.62. The normalized spacial score (nSPS) is 17.5. The second kappa shape index (κ2) is 18.7. The van der Waals surface area contributed by atoms with Crippen molar-refractivity contribution in [3.05, 3.63) is 228 Å². The highest BCUT2D eigenvalue weighted by Gasteiger charge is 2.52. The minimum Gasteiger partial charge on any atom is -0.456 e. The van der Waals surface area contributed by atoms with Crippen LogP contribution < -0.4 is 10.9 Å². The summed E-state index contributed by atoms with van der Waals surface area (Å²) in [6.45, 7) is 16.8. The molecule has 7 heteroatoms. The Labute approximate surface area is 426 Å². The van der Waals surface area contributed by atoms with Crippen molar-refractivity contribution in [2.45, 2.75) is 96.6 Å². The molecule has 1 aromatic heterocycles. The Hall–Kier alpha value is -6.73. The molecule has 0 radical (unpaired) electrons. The van der Waals surface area contributed by atoms with Gasteiger partial charge in [0.1, 0.15) is 11.2 Å². The van der Waals surface area contributed by atoms with Crippen LogP contribution in [-0.4, -0.2) is 36.6 Å². The molecule has 2 saturated heterocycles. The molecule has 2 aliphatic rings. The maximum Gasteiger partial charge on any atom is 0.494 e. The molecule has 0 aliphatic carbocycles. The van der Waals surface area contributed by atoms with E-state index in [2.05, 4.69) is 256 Å². The maximum atomic E-state index is 6.62. The zero-order valence-corrected chi connectivity index (χ0v) is 42.7. The van der Waals surface area contributed by atoms with Crippen molar-refractivity contribution >= 4 is 58.8 Å². The third kappa shape index (κ3) is 9.20. The average molecular weight is 945 g/mol. The second-order valence-corrected chi connectivity index (χ2v) is 21.7. The molecule has 5 nitrogen and oxygen atoms in total. The molecule has 1 unspecified atom stereocenters. The average Bonchev–Trinajstić information content (AvgIpc) is 3.94. The highest BCUT2D eigenvalue weighted by atomic mass is 16.7. The molecule has 0 amide bonds. The molecule has 0 bridgehead atoms. The molecule has 8 aromatic carbocycles. The van der Waals surface area contributed by atoms with Gasteiger partial charge in [0.15, 0.2) is 0 Å². The number of fused-ring (bicyclic) bond motifs is 3. The van der Waals surface area contributed by atoms with Gasteiger partial charge < -0.3 is 23.0 Å². The predicted octanol–water partition coefficient (Wildman–Crippen LogP) is 14.7. The SMILES string of the molecule is CC1(C)OB(c2ccc(CC(c3ccc4oc5ccc(/C=C(/Cc6ccccc6-c6ccccc6)c6ccc(B7OC(C)(C)C(C)(C)O7)cc6)cc5c4c3)c3ccccc3-c3ccccc3)cc2)OC1(C)C. The first kappa shape index (κ1) is 47.6. The van der Waals surface area contributed by atoms with Crippen molar-refractivity contribution in [3.63, 3.8) is 0 Å². The largest absolute Gasteiger partial charge is 0.494 e. The van der Waals surface area contributed by atoms with Crippen LogP contribution in [0.25, 0.3) is 55.8 Å². The lowest BCUT2D eigenvalue weighted by molar-refractivity contribution is 0.00578. The van der Waals surface area contributed by atoms with Crippen molar-refractivity contribution in [2.75, 3.05) is 0 Å². The van der Waals surface area contributed by atoms with E-state index in [1.54, 1.807) is 0 Å². The Morgan fingerprint density at radius 2 is 0.958 bits per heavy atom. The van der Waals surface area contributed by atoms with Crippen molar-refractivity contribution in [1.29, 1.82) is 0 Å². The fraction of sp³-hybridized carbons (Fsp3) is 0.231. The number of rotatable bonds is 12. The van der Waals surface area contributed by atoms with Gasteiger partial charge >= 0.3 is 14.2 Å². The van der Waals surface area contributed by atoms with Gasteiger partial charge in [-0.3, -0.25) is 0 Å². The lowest BCUT2D eigenvalue weighted by Gasteiger charge is -2.32. The van der Waals surface area contributed by atoms with E-state index in [-0.39, 0.29) is 5.92 Å². The van der Waals surface area contributed by atoms with Crippen LogP contribution in [0.5, 0.6) is 0 Å². The monoisotopic (exact) mass is 944 g/mol. The fourth-order valence-corrected chi connectivity index (χ4v) is 10.3. The highest BCUT2D eigenvalue weighted by Crippen LogP contribution is 2.41. The van der Waals surface area contributed by atoms with Crippen LogP contribution in [0.1, 0.15) is 94.7 Å². The smallest absolute Gasteiger partial charge is 0.456 e. The standard InChI is InChI=1S/C65H62B2O5/c1-62(2)63(3,4)70-66(69-62)52-33-27-44(28-34-52)40-57(56-26-18-17-25-55(56)48-21-13-10-14-22-48)50-32-38-61-59(43-50)58-41-45(29-37-60(58)68-61)39-51(42-49-23-15-16-24-54(49)47-19-11-9-12-20-47)46-30-35-53(36-31-46)67-71-64(5,6)65(7,8)72-67/h9-39,41,43,57H,40,42H2,1-8H3/b51-39-. The summed E-state index contributed by atoms with van der Waals surface area (Å²) in [5.74, 6) is 0.0398. The van der Waals surface area contributed by atoms with Gasteiger partial charge in [-0.15, -0.1) is 0 Å². The summed E-state index contributed by atoms with van der Waals surface area (Å²) in [6.07, 6.45) is 3.87. The lowest BCUT2D eigenvalue weighted by Crippen LogP contribution is -2.41. The molecular formula is C65H62B2O5. The third-order valence-corrected chi connectivity index (χ3v) is 15.9. The van der Waals surface area contributed by atoms with Crippen LogP contribution in [0.2, 0.25) is 0 Å². The lowest BCUT2D eigenvalue weighted by atomic mass is 9.77. The number of hydrogen-bond donors (Lipinski definition) is 0. The first-order valence-electron chi connectivity index (χ1n) is 25.5. The topological polar surface area (TPSA) is 50.1 Å². The minimum absolute atomic E-state index is 0.0398. The van der Waals surface area contributed by atoms with Crippen molar-refractivity contribution < 1.29 is 23.0 Å². The van der Waals surface area contributed by atoms with Gasteiger partial charge in [0.25, 0.3) is 0 Å². The van der Waals surface area contributed by atoms with Gasteiger partial charge in [0.05, 0.1) is 22.4 Å². The summed E-state index contributed by atoms with van der Waals surface area (Å²) in [7, 11) is -0.847. The molecule has 1 atom stereocenters. The van der Waals surface area contributed by atoms with E-state index in [1.165, 1.54) is 50.1 Å². The zero-order valence-electron chi connectivity index (χ0n) is 42.7. The molecule has 358 valence electrons. The van der Waals surface area contributed by atoms with E-state index < -0.39 is 36.6 Å². The summed E-state index contributed by atoms with van der Waals surface area (Å²) in [5, 5.41) is 2.18. The van der Waals surface area contributed by atoms with E-state index in [9.17, 15) is 0 Å². The van der Waals surface area contributed by atoms with Gasteiger partial charge in [-0.2, -0.15) is 0 Å². The van der Waals surface area contributed by atoms with Gasteiger partial charge in [-0.1, -0.05) is 176 Å². The second-order valence-electron chi connectivity index (χ2n) is 21.7. The Kier molecular flexibility index (Phi) is 12.4. The van der Waals surface area contributed by atoms with Crippen LogP contribution in [0.15, 0.2) is 199 Å². The van der Waals surface area contributed by atoms with Crippen LogP contribution in [0, 0.1) is 0 Å². The molecule has 2 fully saturated rings. The fourth-order valence-electron chi connectivity index (χ4n) is 10.3. The Morgan fingerprint density at radius 3 is 1.56 bits per heavy atom. The minimum atomic E-state index is -0.434. The first-order chi connectivity index (χ1) is 34.6. The molecule has 72 heavy (non-hydrogen) atoms. The van der Waals surface area contributed by atoms with E-state index in [0.29, 0.717) is 0 Å². The number of allylic oxidation sites excluding steroid dienone is 1. The highest BCUT2D eigenvalue weighted by molar-refractivity contribution is 6.62. The first-order valence-corrected chi connectivity index (χ1v) is 25.5. The Balaban J connectivity index is 0.984. The summed E-state index contributed by atoms with van der Waals surface area (Å²) in [5.41, 5.74) is 15.4. The van der Waals surface area contributed by atoms with Crippen molar-refractivity contribution in [1.82, 2.24) is 0 Å². The Bertz CT molecular complexity index is 3390. The van der Waals surface area contributed by atoms with Crippen molar-refractivity contribution in [2.24, 2.45) is 0 Å². The molecule has 9 aromatic rings. The van der Waals surface area contributed by atoms with Crippen LogP contribution in [0.4, 0.5) is 0 Å². The molecule has 2 aliphatic heterocycles. The summed E-state index contributed by atoms with van der Waals surface area (Å²) in [4.78, 5) is 0. The molecular weight excluding hydrogens is 882 g/mol. The summed E-state index contributed by atoms with van der Waals surface area (Å²) >= 11 is 0. The predicted molar refractivity (Wildman–Crippen MR) is 299 cm³/mol. The van der Waals surface area contributed by atoms with Crippen LogP contribution in [-0.2, 0) is 31.5 Å². The van der Waals surface area contributed by atoms with Crippen molar-refractivity contribution in [3.8, 4) is 22.3 Å². The molecule has 0 N–H and O–H groups in total. The quantitative estimate of drug-likeness (QED) is 0.0902. The Morgan fingerprint density at radius 1 is 0.472 bits per heavy atom. The molecule has 3 heterocycles. The van der Waals surface area contributed by atoms with Crippen LogP contribution >= 0.6 is 0 Å². The van der Waals surface area contributed by atoms with Gasteiger partial charge in [-0.05, 0) is 165 Å².